The molecule has 0 spiro atoms. The molecule has 6 nitrogen and oxygen atoms in total. The lowest BCUT2D eigenvalue weighted by Crippen LogP contribution is -2.54. The lowest BCUT2D eigenvalue weighted by molar-refractivity contribution is -0.128. The van der Waals surface area contributed by atoms with Crippen LogP contribution in [0.5, 0.6) is 0 Å². The van der Waals surface area contributed by atoms with E-state index in [1.54, 1.807) is 14.1 Å². The predicted molar refractivity (Wildman–Crippen MR) is 112 cm³/mol. The van der Waals surface area contributed by atoms with Crippen molar-refractivity contribution in [3.05, 3.63) is 35.9 Å². The first-order chi connectivity index (χ1) is 12.9. The maximum atomic E-state index is 12.0. The van der Waals surface area contributed by atoms with Gasteiger partial charge in [-0.1, -0.05) is 37.3 Å². The number of nitrogens with zero attached hydrogens (tertiary/aromatic N) is 3. The highest BCUT2D eigenvalue weighted by Gasteiger charge is 2.29. The van der Waals surface area contributed by atoms with E-state index in [-0.39, 0.29) is 5.91 Å². The minimum atomic E-state index is -0.479. The van der Waals surface area contributed by atoms with E-state index in [0.717, 1.165) is 38.6 Å². The van der Waals surface area contributed by atoms with Gasteiger partial charge in [0.1, 0.15) is 0 Å². The summed E-state index contributed by atoms with van der Waals surface area (Å²) in [5.41, 5.74) is 0.913. The van der Waals surface area contributed by atoms with Crippen LogP contribution in [0.2, 0.25) is 0 Å². The molecule has 2 rings (SSSR count). The van der Waals surface area contributed by atoms with E-state index in [9.17, 15) is 4.79 Å². The van der Waals surface area contributed by atoms with Crippen LogP contribution in [-0.4, -0.2) is 68.5 Å². The maximum Gasteiger partial charge on any atom is 0.227 e. The van der Waals surface area contributed by atoms with Crippen molar-refractivity contribution in [2.24, 2.45) is 10.4 Å². The summed E-state index contributed by atoms with van der Waals surface area (Å²) in [6, 6.07) is 11.2. The van der Waals surface area contributed by atoms with Crippen LogP contribution in [-0.2, 0) is 4.79 Å². The van der Waals surface area contributed by atoms with Crippen molar-refractivity contribution in [3.8, 4) is 0 Å². The van der Waals surface area contributed by atoms with E-state index >= 15 is 0 Å². The summed E-state index contributed by atoms with van der Waals surface area (Å²) in [6.07, 6.45) is 1.11. The third kappa shape index (κ3) is 5.45. The molecule has 0 bridgehead atoms. The van der Waals surface area contributed by atoms with Crippen LogP contribution in [0.1, 0.15) is 38.8 Å². The van der Waals surface area contributed by atoms with Crippen LogP contribution in [0.15, 0.2) is 35.3 Å². The van der Waals surface area contributed by atoms with Crippen molar-refractivity contribution in [2.75, 3.05) is 46.8 Å². The van der Waals surface area contributed by atoms with Gasteiger partial charge in [0.05, 0.1) is 5.41 Å². The van der Waals surface area contributed by atoms with Gasteiger partial charge in [0.25, 0.3) is 0 Å². The summed E-state index contributed by atoms with van der Waals surface area (Å²) in [6.45, 7) is 10.6. The summed E-state index contributed by atoms with van der Waals surface area (Å²) in [5.74, 6) is 0.906. The Morgan fingerprint density at radius 1 is 1.19 bits per heavy atom. The number of nitrogens with one attached hydrogen (secondary N) is 2. The van der Waals surface area contributed by atoms with Crippen LogP contribution in [0, 0.1) is 5.41 Å². The summed E-state index contributed by atoms with van der Waals surface area (Å²) >= 11 is 0. The van der Waals surface area contributed by atoms with Gasteiger partial charge in [0, 0.05) is 52.9 Å². The van der Waals surface area contributed by atoms with E-state index < -0.39 is 5.41 Å². The maximum absolute atomic E-state index is 12.0. The minimum Gasteiger partial charge on any atom is -0.359 e. The topological polar surface area (TPSA) is 60.0 Å². The van der Waals surface area contributed by atoms with Crippen molar-refractivity contribution in [3.63, 3.8) is 0 Å². The molecule has 0 saturated carbocycles. The molecule has 1 amide bonds. The Bertz CT molecular complexity index is 621. The van der Waals surface area contributed by atoms with Gasteiger partial charge in [-0.15, -0.1) is 0 Å². The monoisotopic (exact) mass is 373 g/mol. The van der Waals surface area contributed by atoms with E-state index in [1.165, 1.54) is 5.56 Å². The lowest BCUT2D eigenvalue weighted by Gasteiger charge is -2.40. The molecule has 27 heavy (non-hydrogen) atoms. The second-order valence-corrected chi connectivity index (χ2v) is 7.72. The standard InChI is InChI=1S/C21H35N5O/c1-6-18(17-10-8-7-9-11-17)25-12-14-26(15-13-25)20(23-5)24-16-21(2,3)19(27)22-4/h7-11,18H,6,12-16H2,1-5H3,(H,22,27)(H,23,24). The van der Waals surface area contributed by atoms with Gasteiger partial charge < -0.3 is 15.5 Å². The molecule has 1 atom stereocenters. The van der Waals surface area contributed by atoms with Gasteiger partial charge in [-0.25, -0.2) is 0 Å². The van der Waals surface area contributed by atoms with Gasteiger partial charge in [0.2, 0.25) is 5.91 Å². The largest absolute Gasteiger partial charge is 0.359 e. The quantitative estimate of drug-likeness (QED) is 0.592. The molecule has 0 radical (unpaired) electrons. The van der Waals surface area contributed by atoms with Gasteiger partial charge in [-0.2, -0.15) is 0 Å². The third-order valence-corrected chi connectivity index (χ3v) is 5.37. The number of amides is 1. The molecule has 1 aliphatic rings. The second-order valence-electron chi connectivity index (χ2n) is 7.72. The zero-order valence-corrected chi connectivity index (χ0v) is 17.5. The van der Waals surface area contributed by atoms with Crippen LogP contribution < -0.4 is 10.6 Å². The van der Waals surface area contributed by atoms with Crippen LogP contribution in [0.3, 0.4) is 0 Å². The molecule has 1 fully saturated rings. The van der Waals surface area contributed by atoms with E-state index in [1.807, 2.05) is 13.8 Å². The number of carbonyl (C=O) groups excluding carboxylic acids is 1. The van der Waals surface area contributed by atoms with Crippen molar-refractivity contribution < 1.29 is 4.79 Å². The second kappa shape index (κ2) is 9.74. The molecule has 1 aliphatic heterocycles. The molecule has 6 heteroatoms. The van der Waals surface area contributed by atoms with Gasteiger partial charge in [-0.3, -0.25) is 14.7 Å². The van der Waals surface area contributed by atoms with Gasteiger partial charge >= 0.3 is 0 Å². The molecule has 2 N–H and O–H groups in total. The number of rotatable bonds is 6. The van der Waals surface area contributed by atoms with Crippen LogP contribution >= 0.6 is 0 Å². The Hall–Kier alpha value is -2.08. The third-order valence-electron chi connectivity index (χ3n) is 5.37. The lowest BCUT2D eigenvalue weighted by atomic mass is 9.92. The number of piperazine rings is 1. The molecule has 150 valence electrons. The van der Waals surface area contributed by atoms with E-state index in [4.69, 9.17) is 0 Å². The SMILES string of the molecule is CCC(c1ccccc1)N1CCN(C(=NC)NCC(C)(C)C(=O)NC)CC1. The molecule has 1 unspecified atom stereocenters. The number of hydrogen-bond donors (Lipinski definition) is 2. The number of guanidine groups is 1. The zero-order valence-electron chi connectivity index (χ0n) is 17.5. The number of carbonyl (C=O) groups is 1. The first-order valence-corrected chi connectivity index (χ1v) is 9.89. The summed E-state index contributed by atoms with van der Waals surface area (Å²) in [7, 11) is 3.48. The molecular weight excluding hydrogens is 338 g/mol. The summed E-state index contributed by atoms with van der Waals surface area (Å²) < 4.78 is 0. The van der Waals surface area contributed by atoms with Crippen LogP contribution in [0.25, 0.3) is 0 Å². The highest BCUT2D eigenvalue weighted by atomic mass is 16.2. The fourth-order valence-electron chi connectivity index (χ4n) is 3.68. The molecule has 0 aliphatic carbocycles. The van der Waals surface area contributed by atoms with Crippen molar-refractivity contribution in [1.82, 2.24) is 20.4 Å². The minimum absolute atomic E-state index is 0.0314. The number of aliphatic imine (C=N–C) groups is 1. The average molecular weight is 374 g/mol. The Morgan fingerprint density at radius 2 is 1.81 bits per heavy atom. The first kappa shape index (κ1) is 21.2. The average Bonchev–Trinajstić information content (AvgIpc) is 2.70. The Morgan fingerprint density at radius 3 is 2.33 bits per heavy atom. The molecule has 1 heterocycles. The Balaban J connectivity index is 1.92. The fourth-order valence-corrected chi connectivity index (χ4v) is 3.68. The molecular formula is C21H35N5O. The molecule has 1 saturated heterocycles. The van der Waals surface area contributed by atoms with Gasteiger partial charge in [0.15, 0.2) is 5.96 Å². The van der Waals surface area contributed by atoms with Crippen molar-refractivity contribution >= 4 is 11.9 Å². The zero-order chi connectivity index (χ0) is 19.9. The predicted octanol–water partition coefficient (Wildman–Crippen LogP) is 2.10. The smallest absolute Gasteiger partial charge is 0.227 e. The number of benzene rings is 1. The van der Waals surface area contributed by atoms with E-state index in [0.29, 0.717) is 12.6 Å². The highest BCUT2D eigenvalue weighted by molar-refractivity contribution is 5.84. The van der Waals surface area contributed by atoms with E-state index in [2.05, 4.69) is 62.7 Å². The summed E-state index contributed by atoms with van der Waals surface area (Å²) in [4.78, 5) is 21.3. The number of hydrogen-bond acceptors (Lipinski definition) is 3. The normalized spacial score (nSPS) is 17.5. The van der Waals surface area contributed by atoms with Crippen molar-refractivity contribution in [2.45, 2.75) is 33.2 Å². The summed E-state index contributed by atoms with van der Waals surface area (Å²) in [5, 5.41) is 6.11. The van der Waals surface area contributed by atoms with Crippen molar-refractivity contribution in [1.29, 1.82) is 0 Å². The van der Waals surface area contributed by atoms with Gasteiger partial charge in [-0.05, 0) is 25.8 Å². The van der Waals surface area contributed by atoms with Crippen LogP contribution in [0.4, 0.5) is 0 Å². The fraction of sp³-hybridized carbons (Fsp3) is 0.619. The Kier molecular flexibility index (Phi) is 7.66. The Labute approximate surface area is 164 Å². The first-order valence-electron chi connectivity index (χ1n) is 9.89. The molecule has 1 aromatic carbocycles. The highest BCUT2D eigenvalue weighted by Crippen LogP contribution is 2.25. The molecule has 0 aromatic heterocycles. The molecule has 1 aromatic rings.